The highest BCUT2D eigenvalue weighted by Crippen LogP contribution is 2.23. The van der Waals surface area contributed by atoms with E-state index in [0.717, 1.165) is 49.5 Å². The minimum Gasteiger partial charge on any atom is -0.492 e. The van der Waals surface area contributed by atoms with Crippen LogP contribution < -0.4 is 15.4 Å². The Labute approximate surface area is 184 Å². The SMILES string of the molecule is Cc1cc(NC(=O)c2ccn(C3CCCNC3)n2)ccc1OCCN1CCCC1.Cl. The fourth-order valence-corrected chi connectivity index (χ4v) is 4.10. The average molecular weight is 434 g/mol. The zero-order valence-electron chi connectivity index (χ0n) is 17.6. The molecule has 4 rings (SSSR count). The smallest absolute Gasteiger partial charge is 0.276 e. The summed E-state index contributed by atoms with van der Waals surface area (Å²) in [6.45, 7) is 7.99. The molecule has 7 nitrogen and oxygen atoms in total. The maximum Gasteiger partial charge on any atom is 0.276 e. The van der Waals surface area contributed by atoms with E-state index in [1.165, 1.54) is 25.9 Å². The number of nitrogens with one attached hydrogen (secondary N) is 2. The molecule has 0 saturated carbocycles. The van der Waals surface area contributed by atoms with Crippen molar-refractivity contribution in [3.63, 3.8) is 0 Å². The highest BCUT2D eigenvalue weighted by molar-refractivity contribution is 6.02. The zero-order valence-corrected chi connectivity index (χ0v) is 18.4. The summed E-state index contributed by atoms with van der Waals surface area (Å²) in [6, 6.07) is 7.88. The van der Waals surface area contributed by atoms with E-state index in [1.54, 1.807) is 6.07 Å². The van der Waals surface area contributed by atoms with Crippen LogP contribution in [0, 0.1) is 6.92 Å². The van der Waals surface area contributed by atoms with Gasteiger partial charge in [-0.05, 0) is 82.1 Å². The van der Waals surface area contributed by atoms with Crippen LogP contribution in [-0.4, -0.2) is 59.9 Å². The van der Waals surface area contributed by atoms with Crippen molar-refractivity contribution in [3.05, 3.63) is 41.7 Å². The van der Waals surface area contributed by atoms with Gasteiger partial charge in [0.1, 0.15) is 12.4 Å². The van der Waals surface area contributed by atoms with Gasteiger partial charge in [-0.25, -0.2) is 0 Å². The van der Waals surface area contributed by atoms with E-state index in [4.69, 9.17) is 4.74 Å². The van der Waals surface area contributed by atoms with Gasteiger partial charge in [0.15, 0.2) is 5.69 Å². The van der Waals surface area contributed by atoms with E-state index in [0.29, 0.717) is 18.3 Å². The Kier molecular flexibility index (Phi) is 8.13. The maximum absolute atomic E-state index is 12.6. The van der Waals surface area contributed by atoms with Crippen molar-refractivity contribution in [1.29, 1.82) is 0 Å². The molecule has 8 heteroatoms. The lowest BCUT2D eigenvalue weighted by Crippen LogP contribution is -2.32. The summed E-state index contributed by atoms with van der Waals surface area (Å²) in [5, 5.41) is 10.8. The zero-order chi connectivity index (χ0) is 20.1. The van der Waals surface area contributed by atoms with Gasteiger partial charge in [-0.2, -0.15) is 5.10 Å². The van der Waals surface area contributed by atoms with Crippen LogP contribution in [0.25, 0.3) is 0 Å². The lowest BCUT2D eigenvalue weighted by Gasteiger charge is -2.22. The van der Waals surface area contributed by atoms with Gasteiger partial charge in [0, 0.05) is 25.0 Å². The summed E-state index contributed by atoms with van der Waals surface area (Å²) >= 11 is 0. The van der Waals surface area contributed by atoms with Gasteiger partial charge >= 0.3 is 0 Å². The van der Waals surface area contributed by atoms with E-state index in [-0.39, 0.29) is 18.3 Å². The predicted molar refractivity (Wildman–Crippen MR) is 121 cm³/mol. The second-order valence-electron chi connectivity index (χ2n) is 8.01. The molecule has 1 aromatic heterocycles. The third-order valence-electron chi connectivity index (χ3n) is 5.78. The number of ether oxygens (including phenoxy) is 1. The molecule has 1 unspecified atom stereocenters. The van der Waals surface area contributed by atoms with Gasteiger partial charge in [0.25, 0.3) is 5.91 Å². The molecule has 30 heavy (non-hydrogen) atoms. The number of likely N-dealkylation sites (tertiary alicyclic amines) is 1. The molecule has 0 radical (unpaired) electrons. The number of aryl methyl sites for hydroxylation is 1. The van der Waals surface area contributed by atoms with E-state index < -0.39 is 0 Å². The minimum atomic E-state index is -0.186. The van der Waals surface area contributed by atoms with Crippen molar-refractivity contribution in [2.75, 3.05) is 44.6 Å². The van der Waals surface area contributed by atoms with Crippen LogP contribution in [0.5, 0.6) is 5.75 Å². The first-order chi connectivity index (χ1) is 14.2. The molecule has 2 aliphatic heterocycles. The molecule has 2 N–H and O–H groups in total. The molecular weight excluding hydrogens is 402 g/mol. The molecule has 3 heterocycles. The fraction of sp³-hybridized carbons (Fsp3) is 0.545. The van der Waals surface area contributed by atoms with Gasteiger partial charge in [-0.3, -0.25) is 14.4 Å². The summed E-state index contributed by atoms with van der Waals surface area (Å²) in [4.78, 5) is 15.0. The monoisotopic (exact) mass is 433 g/mol. The molecule has 2 saturated heterocycles. The third-order valence-corrected chi connectivity index (χ3v) is 5.78. The summed E-state index contributed by atoms with van der Waals surface area (Å²) < 4.78 is 7.84. The number of nitrogens with zero attached hydrogens (tertiary/aromatic N) is 3. The summed E-state index contributed by atoms with van der Waals surface area (Å²) in [7, 11) is 0. The number of piperidine rings is 1. The summed E-state index contributed by atoms with van der Waals surface area (Å²) in [6.07, 6.45) is 6.72. The second kappa shape index (κ2) is 10.8. The number of rotatable bonds is 7. The van der Waals surface area contributed by atoms with Crippen molar-refractivity contribution in [3.8, 4) is 5.75 Å². The Morgan fingerprint density at radius 2 is 2.10 bits per heavy atom. The van der Waals surface area contributed by atoms with Crippen LogP contribution in [0.3, 0.4) is 0 Å². The largest absolute Gasteiger partial charge is 0.492 e. The number of benzene rings is 1. The van der Waals surface area contributed by atoms with Gasteiger partial charge in [-0.15, -0.1) is 12.4 Å². The lowest BCUT2D eigenvalue weighted by molar-refractivity contribution is 0.102. The molecule has 2 aromatic rings. The first kappa shape index (κ1) is 22.6. The Bertz CT molecular complexity index is 829. The number of hydrogen-bond acceptors (Lipinski definition) is 5. The van der Waals surface area contributed by atoms with Gasteiger partial charge < -0.3 is 15.4 Å². The number of amides is 1. The van der Waals surface area contributed by atoms with Gasteiger partial charge in [0.2, 0.25) is 0 Å². The normalized spacial score (nSPS) is 19.3. The van der Waals surface area contributed by atoms with E-state index in [2.05, 4.69) is 20.6 Å². The van der Waals surface area contributed by atoms with Crippen molar-refractivity contribution >= 4 is 24.0 Å². The molecular formula is C22H32ClN5O2. The summed E-state index contributed by atoms with van der Waals surface area (Å²) in [5.74, 6) is 0.686. The average Bonchev–Trinajstić information content (AvgIpc) is 3.42. The standard InChI is InChI=1S/C22H31N5O2.ClH/c1-17-15-18(6-7-21(17)29-14-13-26-10-2-3-11-26)24-22(28)20-8-12-27(25-20)19-5-4-9-23-16-19;/h6-8,12,15,19,23H,2-5,9-11,13-14,16H2,1H3,(H,24,28);1H. The van der Waals surface area contributed by atoms with Crippen molar-refractivity contribution in [2.24, 2.45) is 0 Å². The number of anilines is 1. The van der Waals surface area contributed by atoms with Gasteiger partial charge in [0.05, 0.1) is 6.04 Å². The van der Waals surface area contributed by atoms with E-state index >= 15 is 0 Å². The predicted octanol–water partition coefficient (Wildman–Crippen LogP) is 3.26. The van der Waals surface area contributed by atoms with Crippen molar-refractivity contribution < 1.29 is 9.53 Å². The molecule has 0 bridgehead atoms. The highest BCUT2D eigenvalue weighted by atomic mass is 35.5. The first-order valence-corrected chi connectivity index (χ1v) is 10.7. The Morgan fingerprint density at radius 3 is 2.83 bits per heavy atom. The number of carbonyl (C=O) groups is 1. The lowest BCUT2D eigenvalue weighted by atomic mass is 10.1. The molecule has 1 aromatic carbocycles. The highest BCUT2D eigenvalue weighted by Gasteiger charge is 2.18. The minimum absolute atomic E-state index is 0. The molecule has 0 aliphatic carbocycles. The number of hydrogen-bond donors (Lipinski definition) is 2. The molecule has 0 spiro atoms. The number of halogens is 1. The van der Waals surface area contributed by atoms with Crippen LogP contribution in [0.4, 0.5) is 5.69 Å². The van der Waals surface area contributed by atoms with E-state index in [1.807, 2.05) is 36.0 Å². The van der Waals surface area contributed by atoms with Crippen molar-refractivity contribution in [1.82, 2.24) is 20.0 Å². The molecule has 1 amide bonds. The molecule has 2 aliphatic rings. The van der Waals surface area contributed by atoms with E-state index in [9.17, 15) is 4.79 Å². The third kappa shape index (κ3) is 5.74. The first-order valence-electron chi connectivity index (χ1n) is 10.7. The summed E-state index contributed by atoms with van der Waals surface area (Å²) in [5.41, 5.74) is 2.22. The van der Waals surface area contributed by atoms with Crippen LogP contribution in [0.2, 0.25) is 0 Å². The second-order valence-corrected chi connectivity index (χ2v) is 8.01. The molecule has 164 valence electrons. The number of carbonyl (C=O) groups excluding carboxylic acids is 1. The number of aromatic nitrogens is 2. The molecule has 1 atom stereocenters. The van der Waals surface area contributed by atoms with Crippen LogP contribution in [-0.2, 0) is 0 Å². The molecule has 2 fully saturated rings. The quantitative estimate of drug-likeness (QED) is 0.701. The van der Waals surface area contributed by atoms with Crippen LogP contribution in [0.1, 0.15) is 47.8 Å². The Hall–Kier alpha value is -2.09. The van der Waals surface area contributed by atoms with Crippen molar-refractivity contribution in [2.45, 2.75) is 38.6 Å². The van der Waals surface area contributed by atoms with Crippen LogP contribution in [0.15, 0.2) is 30.5 Å². The van der Waals surface area contributed by atoms with Gasteiger partial charge in [-0.1, -0.05) is 0 Å². The van der Waals surface area contributed by atoms with Crippen LogP contribution >= 0.6 is 12.4 Å². The Morgan fingerprint density at radius 1 is 1.27 bits per heavy atom. The fourth-order valence-electron chi connectivity index (χ4n) is 4.10. The maximum atomic E-state index is 12.6. The Balaban J connectivity index is 0.00000256. The topological polar surface area (TPSA) is 71.4 Å².